The first-order valence-electron chi connectivity index (χ1n) is 4.07. The molecule has 1 heterocycles. The minimum absolute atomic E-state index is 0.0209. The number of nitrogens with zero attached hydrogens (tertiary/aromatic N) is 1. The van der Waals surface area contributed by atoms with E-state index in [2.05, 4.69) is 0 Å². The normalized spacial score (nSPS) is 21.2. The number of nitrogens with one attached hydrogen (secondary N) is 1. The molecule has 1 rings (SSSR count). The fourth-order valence-electron chi connectivity index (χ4n) is 1.36. The van der Waals surface area contributed by atoms with Gasteiger partial charge in [0.1, 0.15) is 5.54 Å². The maximum atomic E-state index is 10.7. The molecule has 0 aromatic rings. The number of piperidine rings is 1. The van der Waals surface area contributed by atoms with Crippen molar-refractivity contribution in [2.45, 2.75) is 18.4 Å². The van der Waals surface area contributed by atoms with Crippen molar-refractivity contribution in [3.05, 3.63) is 0 Å². The van der Waals surface area contributed by atoms with E-state index < -0.39 is 11.5 Å². The number of nitrogens with two attached hydrogens (primary N) is 2. The average Bonchev–Trinajstić information content (AvgIpc) is 2.04. The van der Waals surface area contributed by atoms with Crippen molar-refractivity contribution in [1.82, 2.24) is 4.90 Å². The Morgan fingerprint density at radius 1 is 1.46 bits per heavy atom. The second kappa shape index (κ2) is 3.21. The Bertz CT molecular complexity index is 233. The van der Waals surface area contributed by atoms with E-state index in [0.717, 1.165) is 0 Å². The zero-order chi connectivity index (χ0) is 10.1. The molecule has 13 heavy (non-hydrogen) atoms. The number of hydrogen-bond donors (Lipinski definition) is 4. The molecule has 1 aliphatic heterocycles. The Labute approximate surface area is 76.0 Å². The number of likely N-dealkylation sites (tertiary alicyclic amines) is 1. The van der Waals surface area contributed by atoms with Crippen LogP contribution in [0.3, 0.4) is 0 Å². The topological polar surface area (TPSA) is 116 Å². The van der Waals surface area contributed by atoms with Crippen LogP contribution in [0.1, 0.15) is 12.8 Å². The Balaban J connectivity index is 2.56. The van der Waals surface area contributed by atoms with Crippen LogP contribution >= 0.6 is 0 Å². The second-order valence-corrected chi connectivity index (χ2v) is 3.33. The highest BCUT2D eigenvalue weighted by molar-refractivity contribution is 5.80. The van der Waals surface area contributed by atoms with Gasteiger partial charge in [0, 0.05) is 13.1 Å². The molecular weight excluding hydrogens is 172 g/mol. The molecule has 0 amide bonds. The lowest BCUT2D eigenvalue weighted by Crippen LogP contribution is -2.57. The number of aliphatic carboxylic acids is 1. The van der Waals surface area contributed by atoms with Gasteiger partial charge in [-0.2, -0.15) is 0 Å². The molecule has 6 N–H and O–H groups in total. The molecule has 0 radical (unpaired) electrons. The van der Waals surface area contributed by atoms with Gasteiger partial charge in [0.25, 0.3) is 0 Å². The fourth-order valence-corrected chi connectivity index (χ4v) is 1.36. The van der Waals surface area contributed by atoms with Gasteiger partial charge in [0.15, 0.2) is 5.96 Å². The molecule has 0 aliphatic carbocycles. The molecule has 0 saturated carbocycles. The lowest BCUT2D eigenvalue weighted by molar-refractivity contribution is -0.144. The summed E-state index contributed by atoms with van der Waals surface area (Å²) < 4.78 is 0. The minimum Gasteiger partial charge on any atom is -0.480 e. The van der Waals surface area contributed by atoms with Crippen molar-refractivity contribution in [3.63, 3.8) is 0 Å². The molecule has 74 valence electrons. The summed E-state index contributed by atoms with van der Waals surface area (Å²) in [6.07, 6.45) is 0.670. The summed E-state index contributed by atoms with van der Waals surface area (Å²) in [5.41, 5.74) is 9.75. The molecular formula is C7H14N4O2. The van der Waals surface area contributed by atoms with Gasteiger partial charge in [-0.25, -0.2) is 0 Å². The Morgan fingerprint density at radius 2 is 1.92 bits per heavy atom. The third kappa shape index (κ3) is 1.89. The number of carboxylic acid groups (broad SMARTS) is 1. The zero-order valence-corrected chi connectivity index (χ0v) is 7.29. The van der Waals surface area contributed by atoms with Gasteiger partial charge in [-0.15, -0.1) is 0 Å². The smallest absolute Gasteiger partial charge is 0.323 e. The van der Waals surface area contributed by atoms with Crippen LogP contribution in [0.25, 0.3) is 0 Å². The molecule has 1 aliphatic rings. The van der Waals surface area contributed by atoms with E-state index in [1.807, 2.05) is 0 Å². The zero-order valence-electron chi connectivity index (χ0n) is 7.29. The predicted molar refractivity (Wildman–Crippen MR) is 47.3 cm³/mol. The summed E-state index contributed by atoms with van der Waals surface area (Å²) >= 11 is 0. The van der Waals surface area contributed by atoms with Gasteiger partial charge in [0.05, 0.1) is 0 Å². The number of hydrogen-bond acceptors (Lipinski definition) is 3. The van der Waals surface area contributed by atoms with Crippen LogP contribution in [0.4, 0.5) is 0 Å². The van der Waals surface area contributed by atoms with Crippen LogP contribution in [0, 0.1) is 5.41 Å². The quantitative estimate of drug-likeness (QED) is 0.302. The number of carboxylic acids is 1. The molecule has 0 aromatic carbocycles. The highest BCUT2D eigenvalue weighted by Gasteiger charge is 2.37. The standard InChI is InChI=1S/C7H14N4O2/c8-6(9)11-3-1-7(10,2-4-11)5(12)13/h1-4,10H2,(H3,8,9)(H,12,13). The Hall–Kier alpha value is -1.30. The van der Waals surface area contributed by atoms with Crippen LogP contribution in [0.5, 0.6) is 0 Å². The summed E-state index contributed by atoms with van der Waals surface area (Å²) in [7, 11) is 0. The summed E-state index contributed by atoms with van der Waals surface area (Å²) in [6, 6.07) is 0. The highest BCUT2D eigenvalue weighted by atomic mass is 16.4. The van der Waals surface area contributed by atoms with E-state index in [0.29, 0.717) is 25.9 Å². The molecule has 0 spiro atoms. The van der Waals surface area contributed by atoms with Gasteiger partial charge in [0.2, 0.25) is 0 Å². The van der Waals surface area contributed by atoms with E-state index in [9.17, 15) is 4.79 Å². The molecule has 6 heteroatoms. The minimum atomic E-state index is -1.13. The van der Waals surface area contributed by atoms with Gasteiger partial charge < -0.3 is 21.5 Å². The molecule has 0 unspecified atom stereocenters. The predicted octanol–water partition coefficient (Wildman–Crippen LogP) is -1.24. The first kappa shape index (κ1) is 9.79. The molecule has 1 fully saturated rings. The number of carbonyl (C=O) groups is 1. The van der Waals surface area contributed by atoms with Crippen LogP contribution in [-0.4, -0.2) is 40.6 Å². The molecule has 6 nitrogen and oxygen atoms in total. The van der Waals surface area contributed by atoms with Crippen molar-refractivity contribution in [3.8, 4) is 0 Å². The third-order valence-corrected chi connectivity index (χ3v) is 2.42. The lowest BCUT2D eigenvalue weighted by atomic mass is 9.89. The van der Waals surface area contributed by atoms with Crippen LogP contribution < -0.4 is 11.5 Å². The second-order valence-electron chi connectivity index (χ2n) is 3.33. The molecule has 0 atom stereocenters. The van der Waals surface area contributed by atoms with Crippen molar-refractivity contribution in [2.75, 3.05) is 13.1 Å². The maximum Gasteiger partial charge on any atom is 0.323 e. The summed E-state index contributed by atoms with van der Waals surface area (Å²) in [5.74, 6) is -0.997. The largest absolute Gasteiger partial charge is 0.480 e. The monoisotopic (exact) mass is 186 g/mol. The molecule has 0 aromatic heterocycles. The number of guanidine groups is 1. The fraction of sp³-hybridized carbons (Fsp3) is 0.714. The molecule has 1 saturated heterocycles. The van der Waals surface area contributed by atoms with Crippen molar-refractivity contribution in [2.24, 2.45) is 11.5 Å². The van der Waals surface area contributed by atoms with Crippen molar-refractivity contribution in [1.29, 1.82) is 5.41 Å². The van der Waals surface area contributed by atoms with E-state index in [1.165, 1.54) is 0 Å². The van der Waals surface area contributed by atoms with E-state index in [1.54, 1.807) is 4.90 Å². The van der Waals surface area contributed by atoms with Gasteiger partial charge in [-0.3, -0.25) is 10.2 Å². The Morgan fingerprint density at radius 3 is 2.23 bits per heavy atom. The first-order chi connectivity index (χ1) is 5.96. The lowest BCUT2D eigenvalue weighted by Gasteiger charge is -2.36. The van der Waals surface area contributed by atoms with Crippen molar-refractivity contribution < 1.29 is 9.90 Å². The molecule has 0 bridgehead atoms. The number of rotatable bonds is 1. The van der Waals surface area contributed by atoms with Crippen molar-refractivity contribution >= 4 is 11.9 Å². The Kier molecular flexibility index (Phi) is 2.42. The average molecular weight is 186 g/mol. The highest BCUT2D eigenvalue weighted by Crippen LogP contribution is 2.19. The van der Waals surface area contributed by atoms with Gasteiger partial charge in [-0.1, -0.05) is 0 Å². The SMILES string of the molecule is N=C(N)N1CCC(N)(C(=O)O)CC1. The summed E-state index contributed by atoms with van der Waals surface area (Å²) in [6.45, 7) is 0.885. The van der Waals surface area contributed by atoms with Crippen LogP contribution in [0.2, 0.25) is 0 Å². The summed E-state index contributed by atoms with van der Waals surface area (Å²) in [4.78, 5) is 12.3. The first-order valence-corrected chi connectivity index (χ1v) is 4.07. The summed E-state index contributed by atoms with van der Waals surface area (Å²) in [5, 5.41) is 15.9. The van der Waals surface area contributed by atoms with Crippen LogP contribution in [-0.2, 0) is 4.79 Å². The van der Waals surface area contributed by atoms with Crippen LogP contribution in [0.15, 0.2) is 0 Å². The maximum absolute atomic E-state index is 10.7. The van der Waals surface area contributed by atoms with Gasteiger partial charge in [-0.05, 0) is 12.8 Å². The van der Waals surface area contributed by atoms with E-state index in [4.69, 9.17) is 22.0 Å². The van der Waals surface area contributed by atoms with Gasteiger partial charge >= 0.3 is 5.97 Å². The third-order valence-electron chi connectivity index (χ3n) is 2.42. The van der Waals surface area contributed by atoms with E-state index >= 15 is 0 Å². The van der Waals surface area contributed by atoms with E-state index in [-0.39, 0.29) is 5.96 Å².